The van der Waals surface area contributed by atoms with E-state index in [0.29, 0.717) is 43.3 Å². The van der Waals surface area contributed by atoms with E-state index in [4.69, 9.17) is 21.3 Å². The molecule has 36 heavy (non-hydrogen) atoms. The number of halogens is 2. The highest BCUT2D eigenvalue weighted by atomic mass is 79.9. The van der Waals surface area contributed by atoms with Crippen molar-refractivity contribution in [3.63, 3.8) is 0 Å². The highest BCUT2D eigenvalue weighted by molar-refractivity contribution is 9.10. The number of carbonyl (C=O) groups excluding carboxylic acids is 2. The van der Waals surface area contributed by atoms with Gasteiger partial charge >= 0.3 is 5.97 Å². The smallest absolute Gasteiger partial charge is 0.341 e. The normalized spacial score (nSPS) is 10.9. The van der Waals surface area contributed by atoms with Gasteiger partial charge in [0.1, 0.15) is 10.6 Å². The number of pyridine rings is 1. The van der Waals surface area contributed by atoms with Gasteiger partial charge < -0.3 is 10.1 Å². The first-order valence-corrected chi connectivity index (χ1v) is 12.9. The van der Waals surface area contributed by atoms with Crippen molar-refractivity contribution in [3.8, 4) is 22.4 Å². The van der Waals surface area contributed by atoms with E-state index in [1.807, 2.05) is 66.0 Å². The Morgan fingerprint density at radius 3 is 2.39 bits per heavy atom. The number of nitrogens with one attached hydrogen (secondary N) is 1. The van der Waals surface area contributed by atoms with Crippen LogP contribution in [0.25, 0.3) is 33.3 Å². The molecule has 2 heterocycles. The van der Waals surface area contributed by atoms with E-state index >= 15 is 0 Å². The summed E-state index contributed by atoms with van der Waals surface area (Å²) in [5, 5.41) is 6.47. The lowest BCUT2D eigenvalue weighted by molar-refractivity contribution is 0.0603. The van der Waals surface area contributed by atoms with Crippen LogP contribution in [0.1, 0.15) is 20.7 Å². The van der Waals surface area contributed by atoms with Gasteiger partial charge in [-0.3, -0.25) is 4.79 Å². The Hall–Kier alpha value is -3.52. The van der Waals surface area contributed by atoms with Crippen LogP contribution < -0.4 is 5.32 Å². The Balaban J connectivity index is 1.57. The summed E-state index contributed by atoms with van der Waals surface area (Å²) < 4.78 is 6.00. The zero-order valence-corrected chi connectivity index (χ0v) is 22.1. The zero-order valence-electron chi connectivity index (χ0n) is 18.9. The molecule has 0 unspecified atom stereocenters. The number of hydrogen-bond acceptors (Lipinski definition) is 5. The summed E-state index contributed by atoms with van der Waals surface area (Å²) in [4.78, 5) is 31.1. The number of carbonyl (C=O) groups is 2. The van der Waals surface area contributed by atoms with Crippen LogP contribution in [-0.2, 0) is 4.74 Å². The summed E-state index contributed by atoms with van der Waals surface area (Å²) in [6.07, 6.45) is 0. The molecule has 3 aromatic carbocycles. The number of esters is 1. The fourth-order valence-corrected chi connectivity index (χ4v) is 5.24. The molecule has 0 aliphatic carbocycles. The molecule has 5 rings (SSSR count). The Morgan fingerprint density at radius 1 is 0.972 bits per heavy atom. The number of ether oxygens (including phenoxy) is 1. The van der Waals surface area contributed by atoms with E-state index in [1.54, 1.807) is 18.2 Å². The number of anilines is 1. The third-order valence-electron chi connectivity index (χ3n) is 5.66. The highest BCUT2D eigenvalue weighted by Crippen LogP contribution is 2.37. The van der Waals surface area contributed by atoms with E-state index in [9.17, 15) is 9.59 Å². The maximum atomic E-state index is 13.6. The molecule has 1 N–H and O–H groups in total. The summed E-state index contributed by atoms with van der Waals surface area (Å²) in [6.45, 7) is 0. The quantitative estimate of drug-likeness (QED) is 0.214. The van der Waals surface area contributed by atoms with Gasteiger partial charge in [-0.1, -0.05) is 70.0 Å². The predicted molar refractivity (Wildman–Crippen MR) is 149 cm³/mol. The van der Waals surface area contributed by atoms with Crippen LogP contribution in [0.15, 0.2) is 88.7 Å². The number of methoxy groups -OCH3 is 1. The highest BCUT2D eigenvalue weighted by Gasteiger charge is 2.24. The summed E-state index contributed by atoms with van der Waals surface area (Å²) in [6, 6.07) is 24.1. The number of thiophene rings is 1. The van der Waals surface area contributed by atoms with Crippen LogP contribution >= 0.6 is 38.9 Å². The van der Waals surface area contributed by atoms with Gasteiger partial charge in [0.05, 0.1) is 23.9 Å². The molecule has 8 heteroatoms. The number of hydrogen-bond donors (Lipinski definition) is 1. The fraction of sp³-hybridized carbons (Fsp3) is 0.0357. The molecule has 0 spiro atoms. The average Bonchev–Trinajstić information content (AvgIpc) is 3.31. The molecule has 0 saturated carbocycles. The molecule has 0 atom stereocenters. The SMILES string of the molecule is COC(=O)c1c(-c2ccc(Cl)cc2)csc1NC(=O)c1cc(-c2ccc(Br)cc2)nc2ccccc12. The molecule has 1 amide bonds. The van der Waals surface area contributed by atoms with E-state index in [-0.39, 0.29) is 5.91 Å². The molecular formula is C28H18BrClN2O3S. The van der Waals surface area contributed by atoms with Crippen molar-refractivity contribution in [1.82, 2.24) is 4.98 Å². The summed E-state index contributed by atoms with van der Waals surface area (Å²) in [5.74, 6) is -0.881. The molecule has 0 fully saturated rings. The van der Waals surface area contributed by atoms with Crippen LogP contribution in [0.5, 0.6) is 0 Å². The Bertz CT molecular complexity index is 1600. The van der Waals surface area contributed by atoms with Crippen molar-refractivity contribution < 1.29 is 14.3 Å². The minimum Gasteiger partial charge on any atom is -0.465 e. The van der Waals surface area contributed by atoms with Gasteiger partial charge in [-0.2, -0.15) is 0 Å². The summed E-state index contributed by atoms with van der Waals surface area (Å²) in [7, 11) is 1.32. The molecule has 5 aromatic rings. The van der Waals surface area contributed by atoms with Crippen molar-refractivity contribution in [1.29, 1.82) is 0 Å². The van der Waals surface area contributed by atoms with Crippen LogP contribution in [-0.4, -0.2) is 24.0 Å². The summed E-state index contributed by atoms with van der Waals surface area (Å²) in [5.41, 5.74) is 4.46. The molecule has 0 radical (unpaired) electrons. The molecule has 0 bridgehead atoms. The van der Waals surface area contributed by atoms with Crippen molar-refractivity contribution in [2.75, 3.05) is 12.4 Å². The van der Waals surface area contributed by atoms with Crippen LogP contribution in [0.4, 0.5) is 5.00 Å². The standard InChI is InChI=1S/C28H18BrClN2O3S/c1-35-28(34)25-22(16-8-12-19(30)13-9-16)15-36-27(25)32-26(33)21-14-24(17-6-10-18(29)11-7-17)31-23-5-3-2-4-20(21)23/h2-15H,1H3,(H,32,33). The number of fused-ring (bicyclic) bond motifs is 1. The van der Waals surface area contributed by atoms with E-state index in [2.05, 4.69) is 21.2 Å². The first kappa shape index (κ1) is 24.2. The molecule has 178 valence electrons. The number of aromatic nitrogens is 1. The molecule has 0 aliphatic heterocycles. The van der Waals surface area contributed by atoms with Gasteiger partial charge in [0.2, 0.25) is 0 Å². The van der Waals surface area contributed by atoms with Crippen LogP contribution in [0.2, 0.25) is 5.02 Å². The van der Waals surface area contributed by atoms with Gasteiger partial charge in [-0.05, 0) is 42.0 Å². The topological polar surface area (TPSA) is 68.3 Å². The Morgan fingerprint density at radius 2 is 1.67 bits per heavy atom. The number of amides is 1. The second kappa shape index (κ2) is 10.2. The van der Waals surface area contributed by atoms with Gasteiger partial charge in [0.15, 0.2) is 0 Å². The first-order valence-electron chi connectivity index (χ1n) is 10.9. The third-order valence-corrected chi connectivity index (χ3v) is 7.34. The average molecular weight is 578 g/mol. The van der Waals surface area contributed by atoms with Crippen molar-refractivity contribution in [3.05, 3.63) is 105 Å². The second-order valence-corrected chi connectivity index (χ2v) is 10.1. The predicted octanol–water partition coefficient (Wildman–Crippen LogP) is 8.09. The number of para-hydroxylation sites is 1. The van der Waals surface area contributed by atoms with E-state index in [0.717, 1.165) is 15.6 Å². The monoisotopic (exact) mass is 576 g/mol. The van der Waals surface area contributed by atoms with Crippen molar-refractivity contribution >= 4 is 66.6 Å². The number of rotatable bonds is 5. The van der Waals surface area contributed by atoms with Crippen molar-refractivity contribution in [2.24, 2.45) is 0 Å². The lowest BCUT2D eigenvalue weighted by atomic mass is 10.0. The fourth-order valence-electron chi connectivity index (χ4n) is 3.90. The lowest BCUT2D eigenvalue weighted by Crippen LogP contribution is -2.15. The molecule has 0 aliphatic rings. The number of nitrogens with zero attached hydrogens (tertiary/aromatic N) is 1. The largest absolute Gasteiger partial charge is 0.465 e. The van der Waals surface area contributed by atoms with E-state index < -0.39 is 5.97 Å². The molecule has 2 aromatic heterocycles. The Kier molecular flexibility index (Phi) is 6.87. The maximum absolute atomic E-state index is 13.6. The number of benzene rings is 3. The van der Waals surface area contributed by atoms with Crippen LogP contribution in [0.3, 0.4) is 0 Å². The van der Waals surface area contributed by atoms with Crippen molar-refractivity contribution in [2.45, 2.75) is 0 Å². The lowest BCUT2D eigenvalue weighted by Gasteiger charge is -2.11. The maximum Gasteiger partial charge on any atom is 0.341 e. The Labute approximate surface area is 224 Å². The molecule has 5 nitrogen and oxygen atoms in total. The van der Waals surface area contributed by atoms with Gasteiger partial charge in [0.25, 0.3) is 5.91 Å². The second-order valence-electron chi connectivity index (χ2n) is 7.89. The van der Waals surface area contributed by atoms with E-state index in [1.165, 1.54) is 18.4 Å². The third kappa shape index (κ3) is 4.78. The van der Waals surface area contributed by atoms with Gasteiger partial charge in [-0.15, -0.1) is 11.3 Å². The molecule has 0 saturated heterocycles. The minimum absolute atomic E-state index is 0.296. The molecular weight excluding hydrogens is 560 g/mol. The zero-order chi connectivity index (χ0) is 25.2. The summed E-state index contributed by atoms with van der Waals surface area (Å²) >= 11 is 10.7. The van der Waals surface area contributed by atoms with Gasteiger partial charge in [0, 0.05) is 31.4 Å². The van der Waals surface area contributed by atoms with Crippen LogP contribution in [0, 0.1) is 0 Å². The minimum atomic E-state index is -0.536. The van der Waals surface area contributed by atoms with Gasteiger partial charge in [-0.25, -0.2) is 9.78 Å². The first-order chi connectivity index (χ1) is 17.4.